The second-order valence-corrected chi connectivity index (χ2v) is 5.11. The fourth-order valence-electron chi connectivity index (χ4n) is 2.29. The molecule has 3 N–H and O–H groups in total. The van der Waals surface area contributed by atoms with Crippen molar-refractivity contribution in [2.45, 2.75) is 12.0 Å². The lowest BCUT2D eigenvalue weighted by Crippen LogP contribution is -2.21. The fourth-order valence-corrected chi connectivity index (χ4v) is 2.47. The maximum Gasteiger partial charge on any atom is 0.147 e. The van der Waals surface area contributed by atoms with Gasteiger partial charge in [0.2, 0.25) is 0 Å². The van der Waals surface area contributed by atoms with E-state index in [-0.39, 0.29) is 17.1 Å². The summed E-state index contributed by atoms with van der Waals surface area (Å²) in [4.78, 5) is 0. The van der Waals surface area contributed by atoms with Crippen molar-refractivity contribution in [2.75, 3.05) is 13.7 Å². The number of hydrogen-bond donors (Lipinski definition) is 2. The predicted molar refractivity (Wildman–Crippen MR) is 81.2 cm³/mol. The van der Waals surface area contributed by atoms with E-state index in [0.717, 1.165) is 5.56 Å². The molecule has 0 aromatic heterocycles. The van der Waals surface area contributed by atoms with Gasteiger partial charge in [-0.05, 0) is 23.8 Å². The van der Waals surface area contributed by atoms with E-state index in [2.05, 4.69) is 0 Å². The van der Waals surface area contributed by atoms with Gasteiger partial charge < -0.3 is 15.6 Å². The van der Waals surface area contributed by atoms with E-state index in [1.807, 2.05) is 6.07 Å². The average Bonchev–Trinajstić information content (AvgIpc) is 2.51. The van der Waals surface area contributed by atoms with Gasteiger partial charge in [0.15, 0.2) is 0 Å². The van der Waals surface area contributed by atoms with Crippen LogP contribution in [0.4, 0.5) is 4.39 Å². The third-order valence-corrected chi connectivity index (χ3v) is 3.75. The van der Waals surface area contributed by atoms with Crippen LogP contribution in [0.2, 0.25) is 5.02 Å². The molecule has 112 valence electrons. The molecule has 2 unspecified atom stereocenters. The molecule has 0 heterocycles. The number of hydrogen-bond acceptors (Lipinski definition) is 3. The summed E-state index contributed by atoms with van der Waals surface area (Å²) in [5, 5.41) is 10.5. The number of aliphatic hydroxyl groups is 1. The van der Waals surface area contributed by atoms with Crippen molar-refractivity contribution in [3.8, 4) is 5.75 Å². The van der Waals surface area contributed by atoms with Crippen LogP contribution < -0.4 is 10.5 Å². The first-order valence-corrected chi connectivity index (χ1v) is 6.92. The van der Waals surface area contributed by atoms with Crippen molar-refractivity contribution in [2.24, 2.45) is 5.73 Å². The van der Waals surface area contributed by atoms with Crippen molar-refractivity contribution in [1.29, 1.82) is 0 Å². The zero-order chi connectivity index (χ0) is 15.4. The molecule has 0 amide bonds. The number of ether oxygens (including phenoxy) is 1. The second kappa shape index (κ2) is 6.89. The van der Waals surface area contributed by atoms with Crippen LogP contribution >= 0.6 is 11.6 Å². The normalized spacial score (nSPS) is 13.8. The number of benzene rings is 2. The first kappa shape index (κ1) is 15.8. The molecule has 0 spiro atoms. The van der Waals surface area contributed by atoms with Crippen LogP contribution in [0.3, 0.4) is 0 Å². The molecule has 0 bridgehead atoms. The van der Waals surface area contributed by atoms with E-state index in [4.69, 9.17) is 22.1 Å². The van der Waals surface area contributed by atoms with E-state index < -0.39 is 17.8 Å². The standard InChI is InChI=1S/C16H17ClFNO2/c1-21-11-5-2-4-10(8-11)13(9-19)16(20)12-6-3-7-14(17)15(12)18/h2-8,13,16,20H,9,19H2,1H3. The summed E-state index contributed by atoms with van der Waals surface area (Å²) in [5.41, 5.74) is 6.69. The van der Waals surface area contributed by atoms with Gasteiger partial charge in [0.05, 0.1) is 18.2 Å². The number of methoxy groups -OCH3 is 1. The third kappa shape index (κ3) is 3.35. The molecule has 5 heteroatoms. The molecule has 0 aliphatic heterocycles. The predicted octanol–water partition coefficient (Wildman–Crippen LogP) is 3.26. The molecule has 2 aromatic carbocycles. The van der Waals surface area contributed by atoms with Gasteiger partial charge in [-0.25, -0.2) is 4.39 Å². The van der Waals surface area contributed by atoms with Crippen molar-refractivity contribution in [3.05, 3.63) is 64.4 Å². The van der Waals surface area contributed by atoms with Crippen LogP contribution in [0.15, 0.2) is 42.5 Å². The highest BCUT2D eigenvalue weighted by Crippen LogP contribution is 2.34. The Morgan fingerprint density at radius 1 is 1.29 bits per heavy atom. The molecule has 0 saturated carbocycles. The Morgan fingerprint density at radius 3 is 2.67 bits per heavy atom. The Kier molecular flexibility index (Phi) is 5.17. The van der Waals surface area contributed by atoms with E-state index in [9.17, 15) is 9.50 Å². The summed E-state index contributed by atoms with van der Waals surface area (Å²) >= 11 is 5.76. The van der Waals surface area contributed by atoms with Gasteiger partial charge in [-0.3, -0.25) is 0 Å². The van der Waals surface area contributed by atoms with Gasteiger partial charge in [0.1, 0.15) is 11.6 Å². The van der Waals surface area contributed by atoms with Crippen LogP contribution in [0, 0.1) is 5.82 Å². The third-order valence-electron chi connectivity index (χ3n) is 3.46. The molecule has 0 radical (unpaired) electrons. The van der Waals surface area contributed by atoms with Gasteiger partial charge in [0.25, 0.3) is 0 Å². The maximum absolute atomic E-state index is 14.1. The van der Waals surface area contributed by atoms with Crippen LogP contribution in [0.5, 0.6) is 5.75 Å². The Balaban J connectivity index is 2.38. The first-order chi connectivity index (χ1) is 10.1. The largest absolute Gasteiger partial charge is 0.497 e. The van der Waals surface area contributed by atoms with E-state index >= 15 is 0 Å². The number of nitrogens with two attached hydrogens (primary N) is 1. The monoisotopic (exact) mass is 309 g/mol. The van der Waals surface area contributed by atoms with Crippen molar-refractivity contribution in [3.63, 3.8) is 0 Å². The number of aliphatic hydroxyl groups excluding tert-OH is 1. The Bertz CT molecular complexity index is 621. The molecule has 2 atom stereocenters. The van der Waals surface area contributed by atoms with Crippen LogP contribution in [0.25, 0.3) is 0 Å². The Hall–Kier alpha value is -1.62. The van der Waals surface area contributed by atoms with E-state index in [1.54, 1.807) is 31.4 Å². The summed E-state index contributed by atoms with van der Waals surface area (Å²) < 4.78 is 19.2. The maximum atomic E-state index is 14.1. The Labute approximate surface area is 128 Å². The molecule has 0 aliphatic carbocycles. The summed E-state index contributed by atoms with van der Waals surface area (Å²) in [5.74, 6) is -0.411. The van der Waals surface area contributed by atoms with Gasteiger partial charge in [-0.15, -0.1) is 0 Å². The molecule has 0 saturated heterocycles. The molecule has 21 heavy (non-hydrogen) atoms. The minimum Gasteiger partial charge on any atom is -0.497 e. The van der Waals surface area contributed by atoms with E-state index in [0.29, 0.717) is 5.75 Å². The minimum atomic E-state index is -1.08. The second-order valence-electron chi connectivity index (χ2n) is 4.71. The van der Waals surface area contributed by atoms with E-state index in [1.165, 1.54) is 12.1 Å². The lowest BCUT2D eigenvalue weighted by Gasteiger charge is -2.23. The van der Waals surface area contributed by atoms with Crippen molar-refractivity contribution < 1.29 is 14.2 Å². The van der Waals surface area contributed by atoms with Gasteiger partial charge in [0, 0.05) is 18.0 Å². The van der Waals surface area contributed by atoms with Crippen molar-refractivity contribution >= 4 is 11.6 Å². The quantitative estimate of drug-likeness (QED) is 0.891. The van der Waals surface area contributed by atoms with Gasteiger partial charge in [-0.1, -0.05) is 35.9 Å². The minimum absolute atomic E-state index is 0.0204. The van der Waals surface area contributed by atoms with Crippen molar-refractivity contribution in [1.82, 2.24) is 0 Å². The first-order valence-electron chi connectivity index (χ1n) is 6.54. The van der Waals surface area contributed by atoms with Crippen LogP contribution in [0.1, 0.15) is 23.1 Å². The zero-order valence-electron chi connectivity index (χ0n) is 11.6. The molecule has 0 aliphatic rings. The molecule has 0 fully saturated rings. The SMILES string of the molecule is COc1cccc(C(CN)C(O)c2cccc(Cl)c2F)c1. The number of halogens is 2. The summed E-state index contributed by atoms with van der Waals surface area (Å²) in [6, 6.07) is 11.8. The number of rotatable bonds is 5. The zero-order valence-corrected chi connectivity index (χ0v) is 12.3. The summed E-state index contributed by atoms with van der Waals surface area (Å²) in [6.07, 6.45) is -1.08. The summed E-state index contributed by atoms with van der Waals surface area (Å²) in [6.45, 7) is 0.167. The topological polar surface area (TPSA) is 55.5 Å². The Morgan fingerprint density at radius 2 is 2.00 bits per heavy atom. The highest BCUT2D eigenvalue weighted by Gasteiger charge is 2.25. The molecule has 2 rings (SSSR count). The summed E-state index contributed by atoms with van der Waals surface area (Å²) in [7, 11) is 1.56. The van der Waals surface area contributed by atoms with Crippen LogP contribution in [-0.2, 0) is 0 Å². The fraction of sp³-hybridized carbons (Fsp3) is 0.250. The highest BCUT2D eigenvalue weighted by atomic mass is 35.5. The molecular formula is C16H17ClFNO2. The molecule has 2 aromatic rings. The van der Waals surface area contributed by atoms with Gasteiger partial charge in [-0.2, -0.15) is 0 Å². The smallest absolute Gasteiger partial charge is 0.147 e. The lowest BCUT2D eigenvalue weighted by molar-refractivity contribution is 0.143. The van der Waals surface area contributed by atoms with Gasteiger partial charge >= 0.3 is 0 Å². The highest BCUT2D eigenvalue weighted by molar-refractivity contribution is 6.30. The average molecular weight is 310 g/mol. The lowest BCUT2D eigenvalue weighted by atomic mass is 9.89. The van der Waals surface area contributed by atoms with Crippen LogP contribution in [-0.4, -0.2) is 18.8 Å². The molecule has 3 nitrogen and oxygen atoms in total. The molecular weight excluding hydrogens is 293 g/mol.